The van der Waals surface area contributed by atoms with Crippen molar-refractivity contribution in [1.29, 1.82) is 0 Å². The van der Waals surface area contributed by atoms with Crippen LogP contribution in [0.3, 0.4) is 0 Å². The highest BCUT2D eigenvalue weighted by atomic mass is 19.4. The largest absolute Gasteiger partial charge is 0.467 e. The number of rotatable bonds is 7. The molecule has 2 N–H and O–H groups in total. The number of benzene rings is 2. The average Bonchev–Trinajstić information content (AvgIpc) is 3.33. The van der Waals surface area contributed by atoms with Crippen LogP contribution in [0.4, 0.5) is 29.3 Å². The predicted octanol–water partition coefficient (Wildman–Crippen LogP) is 5.27. The Bertz CT molecular complexity index is 1270. The number of hydrogen-bond donors (Lipinski definition) is 2. The normalized spacial score (nSPS) is 12.1. The first-order valence-corrected chi connectivity index (χ1v) is 11.1. The molecule has 0 saturated heterocycles. The molecule has 0 bridgehead atoms. The maximum absolute atomic E-state index is 12.8. The second-order valence-corrected chi connectivity index (χ2v) is 8.44. The molecular formula is C25H25F3N4O5. The van der Waals surface area contributed by atoms with E-state index in [1.165, 1.54) is 37.3 Å². The van der Waals surface area contributed by atoms with E-state index in [2.05, 4.69) is 15.8 Å². The number of urea groups is 1. The third-order valence-electron chi connectivity index (χ3n) is 5.42. The summed E-state index contributed by atoms with van der Waals surface area (Å²) in [5.41, 5.74) is 0.390. The van der Waals surface area contributed by atoms with E-state index in [4.69, 9.17) is 9.26 Å². The highest BCUT2D eigenvalue weighted by Crippen LogP contribution is 2.30. The second kappa shape index (κ2) is 11.1. The number of aromatic nitrogens is 1. The summed E-state index contributed by atoms with van der Waals surface area (Å²) in [7, 11) is 2.72. The van der Waals surface area contributed by atoms with Gasteiger partial charge in [-0.15, -0.1) is 0 Å². The minimum Gasteiger partial charge on any atom is -0.467 e. The van der Waals surface area contributed by atoms with Crippen LogP contribution in [0.15, 0.2) is 59.1 Å². The van der Waals surface area contributed by atoms with Gasteiger partial charge in [0.2, 0.25) is 5.76 Å². The number of hydrogen-bond acceptors (Lipinski definition) is 6. The number of nitrogens with zero attached hydrogens (tertiary/aromatic N) is 2. The summed E-state index contributed by atoms with van der Waals surface area (Å²) in [6.45, 7) is 3.57. The molecule has 3 amide bonds. The van der Waals surface area contributed by atoms with Crippen LogP contribution >= 0.6 is 0 Å². The maximum Gasteiger partial charge on any atom is 0.416 e. The first kappa shape index (κ1) is 27.2. The van der Waals surface area contributed by atoms with E-state index in [0.29, 0.717) is 16.9 Å². The first-order valence-electron chi connectivity index (χ1n) is 11.1. The number of nitrogens with one attached hydrogen (secondary N) is 2. The molecule has 0 fully saturated rings. The van der Waals surface area contributed by atoms with Crippen LogP contribution in [0, 0.1) is 5.92 Å². The molecule has 1 aromatic heterocycles. The van der Waals surface area contributed by atoms with E-state index >= 15 is 0 Å². The molecule has 0 aliphatic rings. The SMILES string of the molecule is COC(=O)C(C(C)C)N(C)C(=O)c1cc(-c2ccc(NC(=O)Nc3cccc(C(F)(F)F)c3)cc2)no1. The van der Waals surface area contributed by atoms with E-state index in [0.717, 1.165) is 12.1 Å². The highest BCUT2D eigenvalue weighted by molar-refractivity contribution is 6.00. The number of alkyl halides is 3. The van der Waals surface area contributed by atoms with Crippen molar-refractivity contribution >= 4 is 29.3 Å². The Kier molecular flexibility index (Phi) is 8.21. The molecule has 37 heavy (non-hydrogen) atoms. The number of carbonyl (C=O) groups is 3. The molecule has 3 aromatic rings. The number of ether oxygens (including phenoxy) is 1. The third-order valence-corrected chi connectivity index (χ3v) is 5.42. The number of anilines is 2. The quantitative estimate of drug-likeness (QED) is 0.412. The minimum atomic E-state index is -4.53. The Labute approximate surface area is 210 Å². The Morgan fingerprint density at radius 1 is 1.00 bits per heavy atom. The lowest BCUT2D eigenvalue weighted by atomic mass is 10.0. The van der Waals surface area contributed by atoms with Crippen molar-refractivity contribution < 1.29 is 36.8 Å². The second-order valence-electron chi connectivity index (χ2n) is 8.44. The molecule has 1 unspecified atom stereocenters. The Hall–Kier alpha value is -4.35. The van der Waals surface area contributed by atoms with Crippen LogP contribution in [0.2, 0.25) is 0 Å². The standard InChI is InChI=1S/C25H25F3N4O5/c1-14(2)21(23(34)36-4)32(3)22(33)20-13-19(31-37-20)15-8-10-17(11-9-15)29-24(35)30-18-7-5-6-16(12-18)25(26,27)28/h5-14,21H,1-4H3,(H2,29,30,35). The maximum atomic E-state index is 12.8. The van der Waals surface area contributed by atoms with Gasteiger partial charge >= 0.3 is 18.2 Å². The summed E-state index contributed by atoms with van der Waals surface area (Å²) in [6, 6.07) is 10.5. The summed E-state index contributed by atoms with van der Waals surface area (Å²) >= 11 is 0. The monoisotopic (exact) mass is 518 g/mol. The number of amides is 3. The summed E-state index contributed by atoms with van der Waals surface area (Å²) in [5.74, 6) is -1.37. The van der Waals surface area contributed by atoms with Gasteiger partial charge in [0.15, 0.2) is 0 Å². The lowest BCUT2D eigenvalue weighted by Gasteiger charge is -2.27. The molecule has 0 radical (unpaired) electrons. The van der Waals surface area contributed by atoms with Crippen LogP contribution in [0.1, 0.15) is 30.0 Å². The molecule has 0 aliphatic carbocycles. The van der Waals surface area contributed by atoms with Crippen molar-refractivity contribution in [2.75, 3.05) is 24.8 Å². The Morgan fingerprint density at radius 2 is 1.65 bits per heavy atom. The van der Waals surface area contributed by atoms with Crippen molar-refractivity contribution in [3.8, 4) is 11.3 Å². The predicted molar refractivity (Wildman–Crippen MR) is 129 cm³/mol. The van der Waals surface area contributed by atoms with E-state index in [1.54, 1.807) is 38.1 Å². The minimum absolute atomic E-state index is 0.0133. The van der Waals surface area contributed by atoms with Gasteiger partial charge in [0.1, 0.15) is 11.7 Å². The van der Waals surface area contributed by atoms with Crippen LogP contribution in [0.25, 0.3) is 11.3 Å². The van der Waals surface area contributed by atoms with Gasteiger partial charge in [-0.2, -0.15) is 13.2 Å². The van der Waals surface area contributed by atoms with Crippen molar-refractivity contribution in [2.24, 2.45) is 5.92 Å². The van der Waals surface area contributed by atoms with Gasteiger partial charge in [-0.1, -0.05) is 37.2 Å². The zero-order valence-electron chi connectivity index (χ0n) is 20.4. The topological polar surface area (TPSA) is 114 Å². The average molecular weight is 518 g/mol. The van der Waals surface area contributed by atoms with Gasteiger partial charge < -0.3 is 24.8 Å². The summed E-state index contributed by atoms with van der Waals surface area (Å²) < 4.78 is 48.5. The van der Waals surface area contributed by atoms with Crippen LogP contribution in [0.5, 0.6) is 0 Å². The van der Waals surface area contributed by atoms with Gasteiger partial charge in [-0.3, -0.25) is 4.79 Å². The molecule has 0 spiro atoms. The van der Waals surface area contributed by atoms with E-state index in [-0.39, 0.29) is 17.4 Å². The number of likely N-dealkylation sites (N-methyl/N-ethyl adjacent to an activating group) is 1. The molecule has 12 heteroatoms. The van der Waals surface area contributed by atoms with Crippen molar-refractivity contribution in [1.82, 2.24) is 10.1 Å². The third kappa shape index (κ3) is 6.66. The van der Waals surface area contributed by atoms with Gasteiger partial charge in [-0.25, -0.2) is 9.59 Å². The Balaban J connectivity index is 1.66. The summed E-state index contributed by atoms with van der Waals surface area (Å²) in [4.78, 5) is 38.3. The van der Waals surface area contributed by atoms with E-state index in [1.807, 2.05) is 0 Å². The van der Waals surface area contributed by atoms with Gasteiger partial charge in [-0.05, 0) is 36.2 Å². The highest BCUT2D eigenvalue weighted by Gasteiger charge is 2.33. The zero-order valence-corrected chi connectivity index (χ0v) is 20.4. The van der Waals surface area contributed by atoms with Gasteiger partial charge in [0.05, 0.1) is 12.7 Å². The zero-order chi connectivity index (χ0) is 27.3. The van der Waals surface area contributed by atoms with Crippen LogP contribution in [-0.4, -0.2) is 48.2 Å². The first-order chi connectivity index (χ1) is 17.4. The fourth-order valence-electron chi connectivity index (χ4n) is 3.60. The fourth-order valence-corrected chi connectivity index (χ4v) is 3.60. The molecule has 9 nitrogen and oxygen atoms in total. The molecule has 0 saturated carbocycles. The summed E-state index contributed by atoms with van der Waals surface area (Å²) in [6.07, 6.45) is -4.53. The molecule has 1 heterocycles. The van der Waals surface area contributed by atoms with Crippen molar-refractivity contribution in [2.45, 2.75) is 26.1 Å². The molecule has 1 atom stereocenters. The lowest BCUT2D eigenvalue weighted by Crippen LogP contribution is -2.46. The Morgan fingerprint density at radius 3 is 2.24 bits per heavy atom. The fraction of sp³-hybridized carbons (Fsp3) is 0.280. The number of carbonyl (C=O) groups excluding carboxylic acids is 3. The van der Waals surface area contributed by atoms with E-state index < -0.39 is 35.7 Å². The lowest BCUT2D eigenvalue weighted by molar-refractivity contribution is -0.147. The molecule has 196 valence electrons. The smallest absolute Gasteiger partial charge is 0.416 e. The molecule has 0 aliphatic heterocycles. The molecule has 3 rings (SSSR count). The van der Waals surface area contributed by atoms with E-state index in [9.17, 15) is 27.6 Å². The van der Waals surface area contributed by atoms with Crippen molar-refractivity contribution in [3.63, 3.8) is 0 Å². The molecular weight excluding hydrogens is 493 g/mol. The van der Waals surface area contributed by atoms with Gasteiger partial charge in [0, 0.05) is 30.1 Å². The van der Waals surface area contributed by atoms with Crippen LogP contribution < -0.4 is 10.6 Å². The van der Waals surface area contributed by atoms with Gasteiger partial charge in [0.25, 0.3) is 5.91 Å². The number of esters is 1. The number of halogens is 3. The van der Waals surface area contributed by atoms with Crippen LogP contribution in [-0.2, 0) is 15.7 Å². The number of methoxy groups -OCH3 is 1. The summed E-state index contributed by atoms with van der Waals surface area (Å²) in [5, 5.41) is 8.78. The van der Waals surface area contributed by atoms with Crippen molar-refractivity contribution in [3.05, 3.63) is 65.9 Å². The molecule has 2 aromatic carbocycles.